The highest BCUT2D eigenvalue weighted by Gasteiger charge is 2.19. The number of carboxylic acid groups (broad SMARTS) is 1. The number of nitrogens with zero attached hydrogens (tertiary/aromatic N) is 2. The maximum atomic E-state index is 11.6. The molecule has 1 saturated heterocycles. The summed E-state index contributed by atoms with van der Waals surface area (Å²) < 4.78 is 0. The van der Waals surface area contributed by atoms with Gasteiger partial charge >= 0.3 is 5.97 Å². The molecule has 0 atom stereocenters. The average Bonchev–Trinajstić information content (AvgIpc) is 2.47. The molecule has 2 N–H and O–H groups in total. The first-order chi connectivity index (χ1) is 10.5. The average molecular weight is 305 g/mol. The summed E-state index contributed by atoms with van der Waals surface area (Å²) in [7, 11) is 0. The minimum absolute atomic E-state index is 0.227. The van der Waals surface area contributed by atoms with Gasteiger partial charge in [-0.3, -0.25) is 19.4 Å². The zero-order valence-electron chi connectivity index (χ0n) is 12.9. The third kappa shape index (κ3) is 5.46. The molecule has 22 heavy (non-hydrogen) atoms. The van der Waals surface area contributed by atoms with Crippen molar-refractivity contribution in [3.05, 3.63) is 35.4 Å². The molecule has 6 nitrogen and oxygen atoms in total. The number of carbonyl (C=O) groups is 2. The van der Waals surface area contributed by atoms with Gasteiger partial charge in [0.2, 0.25) is 5.91 Å². The third-order valence-corrected chi connectivity index (χ3v) is 3.76. The van der Waals surface area contributed by atoms with Crippen molar-refractivity contribution in [3.8, 4) is 0 Å². The molecule has 1 aromatic carbocycles. The third-order valence-electron chi connectivity index (χ3n) is 3.76. The Morgan fingerprint density at radius 2 is 1.86 bits per heavy atom. The molecule has 1 heterocycles. The fraction of sp³-hybridized carbons (Fsp3) is 0.500. The van der Waals surface area contributed by atoms with Crippen LogP contribution >= 0.6 is 0 Å². The Morgan fingerprint density at radius 1 is 1.18 bits per heavy atom. The standard InChI is InChI=1S/C16H23N3O3/c1-13-3-2-4-14(9-13)11-18-5-7-19(8-6-18)12-15(20)17-10-16(21)22/h2-4,9H,5-8,10-12H2,1H3,(H,17,20)(H,21,22). The van der Waals surface area contributed by atoms with Crippen LogP contribution in [0.15, 0.2) is 24.3 Å². The van der Waals surface area contributed by atoms with Gasteiger partial charge in [-0.25, -0.2) is 0 Å². The molecule has 6 heteroatoms. The smallest absolute Gasteiger partial charge is 0.322 e. The Bertz CT molecular complexity index is 525. The largest absolute Gasteiger partial charge is 0.480 e. The molecule has 0 aliphatic carbocycles. The Balaban J connectivity index is 1.71. The van der Waals surface area contributed by atoms with Crippen molar-refractivity contribution in [2.45, 2.75) is 13.5 Å². The van der Waals surface area contributed by atoms with Crippen molar-refractivity contribution in [1.82, 2.24) is 15.1 Å². The van der Waals surface area contributed by atoms with Crippen molar-refractivity contribution < 1.29 is 14.7 Å². The number of carbonyl (C=O) groups excluding carboxylic acids is 1. The molecule has 1 fully saturated rings. The first-order valence-corrected chi connectivity index (χ1v) is 7.51. The van der Waals surface area contributed by atoms with E-state index in [1.807, 2.05) is 0 Å². The van der Waals surface area contributed by atoms with Crippen LogP contribution in [-0.2, 0) is 16.1 Å². The topological polar surface area (TPSA) is 72.9 Å². The van der Waals surface area contributed by atoms with Gasteiger partial charge in [-0.2, -0.15) is 0 Å². The highest BCUT2D eigenvalue weighted by molar-refractivity contribution is 5.82. The predicted octanol–water partition coefficient (Wildman–Crippen LogP) is 0.313. The summed E-state index contributed by atoms with van der Waals surface area (Å²) in [5.41, 5.74) is 2.58. The number of benzene rings is 1. The normalized spacial score (nSPS) is 16.4. The Morgan fingerprint density at radius 3 is 2.50 bits per heavy atom. The van der Waals surface area contributed by atoms with Crippen LogP contribution in [0.3, 0.4) is 0 Å². The molecule has 0 aromatic heterocycles. The summed E-state index contributed by atoms with van der Waals surface area (Å²) in [6, 6.07) is 8.51. The molecule has 0 radical (unpaired) electrons. The van der Waals surface area contributed by atoms with Gasteiger partial charge in [0.1, 0.15) is 6.54 Å². The van der Waals surface area contributed by atoms with E-state index in [1.165, 1.54) is 11.1 Å². The fourth-order valence-electron chi connectivity index (χ4n) is 2.61. The first-order valence-electron chi connectivity index (χ1n) is 7.51. The minimum atomic E-state index is -1.02. The second kappa shape index (κ2) is 7.91. The minimum Gasteiger partial charge on any atom is -0.480 e. The number of aliphatic carboxylic acids is 1. The predicted molar refractivity (Wildman–Crippen MR) is 83.5 cm³/mol. The summed E-state index contributed by atoms with van der Waals surface area (Å²) in [6.45, 7) is 6.47. The number of rotatable bonds is 6. The second-order valence-electron chi connectivity index (χ2n) is 5.71. The lowest BCUT2D eigenvalue weighted by atomic mass is 10.1. The zero-order chi connectivity index (χ0) is 15.9. The van der Waals surface area contributed by atoms with Gasteiger partial charge in [0.15, 0.2) is 0 Å². The Hall–Kier alpha value is -1.92. The lowest BCUT2D eigenvalue weighted by Gasteiger charge is -2.34. The van der Waals surface area contributed by atoms with E-state index in [0.29, 0.717) is 0 Å². The Kier molecular flexibility index (Phi) is 5.91. The molecule has 1 aliphatic rings. The summed E-state index contributed by atoms with van der Waals surface area (Å²) in [6.07, 6.45) is 0. The van der Waals surface area contributed by atoms with Gasteiger partial charge in [0.25, 0.3) is 0 Å². The van der Waals surface area contributed by atoms with Crippen LogP contribution in [0, 0.1) is 6.92 Å². The molecule has 1 aromatic rings. The van der Waals surface area contributed by atoms with Gasteiger partial charge in [0.05, 0.1) is 6.54 Å². The number of hydrogen-bond acceptors (Lipinski definition) is 4. The van der Waals surface area contributed by atoms with Crippen LogP contribution in [0.4, 0.5) is 0 Å². The first kappa shape index (κ1) is 16.5. The van der Waals surface area contributed by atoms with Gasteiger partial charge in [-0.15, -0.1) is 0 Å². The van der Waals surface area contributed by atoms with Crippen molar-refractivity contribution in [1.29, 1.82) is 0 Å². The molecule has 1 amide bonds. The number of amides is 1. The molecule has 120 valence electrons. The SMILES string of the molecule is Cc1cccc(CN2CCN(CC(=O)NCC(=O)O)CC2)c1. The van der Waals surface area contributed by atoms with Crippen LogP contribution in [0.5, 0.6) is 0 Å². The maximum Gasteiger partial charge on any atom is 0.322 e. The molecule has 2 rings (SSSR count). The van der Waals surface area contributed by atoms with E-state index >= 15 is 0 Å². The molecular formula is C16H23N3O3. The van der Waals surface area contributed by atoms with Crippen molar-refractivity contribution in [3.63, 3.8) is 0 Å². The molecule has 1 aliphatic heterocycles. The lowest BCUT2D eigenvalue weighted by molar-refractivity contribution is -0.138. The number of nitrogens with one attached hydrogen (secondary N) is 1. The molecule has 0 unspecified atom stereocenters. The van der Waals surface area contributed by atoms with Gasteiger partial charge in [0, 0.05) is 32.7 Å². The number of aryl methyl sites for hydroxylation is 1. The molecule has 0 saturated carbocycles. The fourth-order valence-corrected chi connectivity index (χ4v) is 2.61. The van der Waals surface area contributed by atoms with E-state index in [9.17, 15) is 9.59 Å². The van der Waals surface area contributed by atoms with E-state index in [-0.39, 0.29) is 19.0 Å². The van der Waals surface area contributed by atoms with Crippen LogP contribution < -0.4 is 5.32 Å². The maximum absolute atomic E-state index is 11.6. The van der Waals surface area contributed by atoms with Crippen LogP contribution in [0.25, 0.3) is 0 Å². The van der Waals surface area contributed by atoms with E-state index < -0.39 is 5.97 Å². The number of hydrogen-bond donors (Lipinski definition) is 2. The quantitative estimate of drug-likeness (QED) is 0.791. The highest BCUT2D eigenvalue weighted by Crippen LogP contribution is 2.10. The van der Waals surface area contributed by atoms with Gasteiger partial charge in [-0.1, -0.05) is 29.8 Å². The number of piperazine rings is 1. The Labute approximate surface area is 130 Å². The van der Waals surface area contributed by atoms with Crippen LogP contribution in [-0.4, -0.2) is 66.1 Å². The van der Waals surface area contributed by atoms with Gasteiger partial charge < -0.3 is 10.4 Å². The van der Waals surface area contributed by atoms with Crippen molar-refractivity contribution >= 4 is 11.9 Å². The number of carboxylic acids is 1. The lowest BCUT2D eigenvalue weighted by Crippen LogP contribution is -2.49. The van der Waals surface area contributed by atoms with E-state index in [2.05, 4.69) is 46.3 Å². The van der Waals surface area contributed by atoms with E-state index in [4.69, 9.17) is 5.11 Å². The van der Waals surface area contributed by atoms with E-state index in [0.717, 1.165) is 32.7 Å². The molecule has 0 bridgehead atoms. The molecule has 0 spiro atoms. The molecular weight excluding hydrogens is 282 g/mol. The summed E-state index contributed by atoms with van der Waals surface area (Å²) >= 11 is 0. The monoisotopic (exact) mass is 305 g/mol. The van der Waals surface area contributed by atoms with E-state index in [1.54, 1.807) is 0 Å². The van der Waals surface area contributed by atoms with Crippen molar-refractivity contribution in [2.24, 2.45) is 0 Å². The highest BCUT2D eigenvalue weighted by atomic mass is 16.4. The summed E-state index contributed by atoms with van der Waals surface area (Å²) in [4.78, 5) is 26.4. The van der Waals surface area contributed by atoms with Crippen molar-refractivity contribution in [2.75, 3.05) is 39.3 Å². The summed E-state index contributed by atoms with van der Waals surface area (Å²) in [5, 5.41) is 10.9. The summed E-state index contributed by atoms with van der Waals surface area (Å²) in [5.74, 6) is -1.24. The van der Waals surface area contributed by atoms with Gasteiger partial charge in [-0.05, 0) is 12.5 Å². The second-order valence-corrected chi connectivity index (χ2v) is 5.71. The van der Waals surface area contributed by atoms with Crippen LogP contribution in [0.1, 0.15) is 11.1 Å². The zero-order valence-corrected chi connectivity index (χ0v) is 12.9. The van der Waals surface area contributed by atoms with Crippen LogP contribution in [0.2, 0.25) is 0 Å².